The van der Waals surface area contributed by atoms with Gasteiger partial charge < -0.3 is 5.32 Å². The van der Waals surface area contributed by atoms with E-state index < -0.39 is 0 Å². The van der Waals surface area contributed by atoms with Crippen LogP contribution in [0.15, 0.2) is 0 Å². The van der Waals surface area contributed by atoms with Crippen molar-refractivity contribution in [3.05, 3.63) is 0 Å². The lowest BCUT2D eigenvalue weighted by atomic mass is 9.80. The van der Waals surface area contributed by atoms with Gasteiger partial charge in [-0.25, -0.2) is 0 Å². The Kier molecular flexibility index (Phi) is 4.08. The van der Waals surface area contributed by atoms with Crippen molar-refractivity contribution in [3.8, 4) is 0 Å². The number of hydrogen-bond acceptors (Lipinski definition) is 2. The van der Waals surface area contributed by atoms with Gasteiger partial charge in [-0.3, -0.25) is 4.90 Å². The zero-order chi connectivity index (χ0) is 13.4. The molecular weight excluding hydrogens is 220 g/mol. The summed E-state index contributed by atoms with van der Waals surface area (Å²) in [6.45, 7) is 14.3. The van der Waals surface area contributed by atoms with Crippen LogP contribution in [0.5, 0.6) is 0 Å². The van der Waals surface area contributed by atoms with Gasteiger partial charge in [-0.15, -0.1) is 0 Å². The van der Waals surface area contributed by atoms with Crippen LogP contribution in [0.4, 0.5) is 0 Å². The maximum Gasteiger partial charge on any atom is 0.0309 e. The van der Waals surface area contributed by atoms with Crippen LogP contribution in [0.3, 0.4) is 0 Å². The molecule has 1 aliphatic carbocycles. The maximum atomic E-state index is 3.92. The minimum absolute atomic E-state index is 0.372. The van der Waals surface area contributed by atoms with Crippen LogP contribution in [-0.2, 0) is 0 Å². The highest BCUT2D eigenvalue weighted by molar-refractivity contribution is 5.04. The van der Waals surface area contributed by atoms with E-state index in [9.17, 15) is 0 Å². The average molecular weight is 252 g/mol. The van der Waals surface area contributed by atoms with Gasteiger partial charge in [-0.2, -0.15) is 0 Å². The van der Waals surface area contributed by atoms with Crippen LogP contribution in [0.1, 0.15) is 66.7 Å². The van der Waals surface area contributed by atoms with Crippen molar-refractivity contribution < 1.29 is 0 Å². The van der Waals surface area contributed by atoms with Crippen molar-refractivity contribution in [2.24, 2.45) is 5.41 Å². The van der Waals surface area contributed by atoms with Gasteiger partial charge in [0, 0.05) is 30.7 Å². The predicted octanol–water partition coefficient (Wildman–Crippen LogP) is 3.42. The lowest BCUT2D eigenvalue weighted by Crippen LogP contribution is -2.67. The molecule has 2 heteroatoms. The summed E-state index contributed by atoms with van der Waals surface area (Å²) in [5.74, 6) is 0. The third-order valence-electron chi connectivity index (χ3n) is 5.27. The molecule has 0 aromatic rings. The molecule has 2 fully saturated rings. The zero-order valence-electron chi connectivity index (χ0n) is 13.1. The van der Waals surface area contributed by atoms with Gasteiger partial charge in [0.1, 0.15) is 0 Å². The third kappa shape index (κ3) is 2.75. The summed E-state index contributed by atoms with van der Waals surface area (Å²) in [5, 5.41) is 3.92. The summed E-state index contributed by atoms with van der Waals surface area (Å²) in [6.07, 6.45) is 6.87. The van der Waals surface area contributed by atoms with Gasteiger partial charge >= 0.3 is 0 Å². The molecule has 106 valence electrons. The first kappa shape index (κ1) is 14.3. The summed E-state index contributed by atoms with van der Waals surface area (Å²) in [7, 11) is 0. The molecule has 18 heavy (non-hydrogen) atoms. The van der Waals surface area contributed by atoms with Gasteiger partial charge in [0.25, 0.3) is 0 Å². The van der Waals surface area contributed by atoms with E-state index >= 15 is 0 Å². The largest absolute Gasteiger partial charge is 0.308 e. The fourth-order valence-electron chi connectivity index (χ4n) is 3.83. The van der Waals surface area contributed by atoms with E-state index in [1.165, 1.54) is 45.2 Å². The smallest absolute Gasteiger partial charge is 0.0309 e. The van der Waals surface area contributed by atoms with E-state index in [-0.39, 0.29) is 0 Å². The summed E-state index contributed by atoms with van der Waals surface area (Å²) in [4.78, 5) is 2.81. The van der Waals surface area contributed by atoms with E-state index in [1.807, 2.05) is 0 Å². The second-order valence-corrected chi connectivity index (χ2v) is 7.68. The summed E-state index contributed by atoms with van der Waals surface area (Å²) >= 11 is 0. The van der Waals surface area contributed by atoms with Crippen molar-refractivity contribution in [2.75, 3.05) is 13.1 Å². The summed E-state index contributed by atoms with van der Waals surface area (Å²) < 4.78 is 0. The fraction of sp³-hybridized carbons (Fsp3) is 1.00. The Labute approximate surface area is 114 Å². The highest BCUT2D eigenvalue weighted by atomic mass is 15.3. The van der Waals surface area contributed by atoms with Crippen molar-refractivity contribution in [3.63, 3.8) is 0 Å². The molecule has 2 atom stereocenters. The standard InChI is InChI=1S/C16H32N2/c1-6-13(2)18-12-16(9-7-8-10-16)17-11-14(18)15(3,4)5/h13-14,17H,6-12H2,1-5H3. The quantitative estimate of drug-likeness (QED) is 0.810. The van der Waals surface area contributed by atoms with E-state index in [4.69, 9.17) is 0 Å². The minimum atomic E-state index is 0.372. The first-order valence-electron chi connectivity index (χ1n) is 7.89. The Bertz CT molecular complexity index is 273. The molecule has 0 amide bonds. The van der Waals surface area contributed by atoms with Gasteiger partial charge in [0.05, 0.1) is 0 Å². The van der Waals surface area contributed by atoms with Crippen LogP contribution >= 0.6 is 0 Å². The van der Waals surface area contributed by atoms with Crippen molar-refractivity contribution in [2.45, 2.75) is 84.3 Å². The van der Waals surface area contributed by atoms with Gasteiger partial charge in [0.2, 0.25) is 0 Å². The second kappa shape index (κ2) is 5.13. The van der Waals surface area contributed by atoms with Crippen molar-refractivity contribution >= 4 is 0 Å². The molecule has 2 nitrogen and oxygen atoms in total. The highest BCUT2D eigenvalue weighted by Gasteiger charge is 2.45. The van der Waals surface area contributed by atoms with Crippen LogP contribution in [0, 0.1) is 5.41 Å². The number of hydrogen-bond donors (Lipinski definition) is 1. The van der Waals surface area contributed by atoms with Gasteiger partial charge in [-0.05, 0) is 31.6 Å². The number of nitrogens with one attached hydrogen (secondary N) is 1. The van der Waals surface area contributed by atoms with E-state index in [2.05, 4.69) is 44.8 Å². The molecule has 0 aromatic carbocycles. The molecule has 1 spiro atoms. The fourth-order valence-corrected chi connectivity index (χ4v) is 3.83. The Morgan fingerprint density at radius 2 is 1.89 bits per heavy atom. The number of piperazine rings is 1. The third-order valence-corrected chi connectivity index (χ3v) is 5.27. The lowest BCUT2D eigenvalue weighted by molar-refractivity contribution is -0.00313. The minimum Gasteiger partial charge on any atom is -0.308 e. The van der Waals surface area contributed by atoms with Crippen LogP contribution < -0.4 is 5.32 Å². The molecule has 1 heterocycles. The zero-order valence-corrected chi connectivity index (χ0v) is 13.1. The summed E-state index contributed by atoms with van der Waals surface area (Å²) in [5.41, 5.74) is 0.821. The number of rotatable bonds is 2. The van der Waals surface area contributed by atoms with Crippen molar-refractivity contribution in [1.29, 1.82) is 0 Å². The van der Waals surface area contributed by atoms with E-state index in [0.29, 0.717) is 23.0 Å². The highest BCUT2D eigenvalue weighted by Crippen LogP contribution is 2.37. The van der Waals surface area contributed by atoms with Crippen molar-refractivity contribution in [1.82, 2.24) is 10.2 Å². The molecule has 1 N–H and O–H groups in total. The Morgan fingerprint density at radius 1 is 1.28 bits per heavy atom. The second-order valence-electron chi connectivity index (χ2n) is 7.68. The summed E-state index contributed by atoms with van der Waals surface area (Å²) in [6, 6.07) is 1.40. The van der Waals surface area contributed by atoms with Gasteiger partial charge in [-0.1, -0.05) is 40.5 Å². The first-order chi connectivity index (χ1) is 8.38. The normalized spacial score (nSPS) is 30.8. The van der Waals surface area contributed by atoms with Crippen LogP contribution in [0.2, 0.25) is 0 Å². The first-order valence-corrected chi connectivity index (χ1v) is 7.89. The number of nitrogens with zero attached hydrogens (tertiary/aromatic N) is 1. The molecule has 2 aliphatic rings. The maximum absolute atomic E-state index is 3.92. The van der Waals surface area contributed by atoms with Crippen LogP contribution in [-0.4, -0.2) is 35.6 Å². The molecule has 0 radical (unpaired) electrons. The molecule has 1 aliphatic heterocycles. The lowest BCUT2D eigenvalue weighted by Gasteiger charge is -2.53. The van der Waals surface area contributed by atoms with Crippen LogP contribution in [0.25, 0.3) is 0 Å². The molecule has 0 bridgehead atoms. The predicted molar refractivity (Wildman–Crippen MR) is 78.9 cm³/mol. The molecule has 0 aromatic heterocycles. The topological polar surface area (TPSA) is 15.3 Å². The molecule has 2 rings (SSSR count). The average Bonchev–Trinajstić information content (AvgIpc) is 2.74. The SMILES string of the molecule is CCC(C)N1CC2(CCCC2)NCC1C(C)(C)C. The Morgan fingerprint density at radius 3 is 2.39 bits per heavy atom. The van der Waals surface area contributed by atoms with E-state index in [1.54, 1.807) is 0 Å². The Balaban J connectivity index is 2.15. The Hall–Kier alpha value is -0.0800. The molecular formula is C16H32N2. The molecule has 1 saturated carbocycles. The monoisotopic (exact) mass is 252 g/mol. The van der Waals surface area contributed by atoms with E-state index in [0.717, 1.165) is 0 Å². The molecule has 1 saturated heterocycles. The molecule has 2 unspecified atom stereocenters. The van der Waals surface area contributed by atoms with Gasteiger partial charge in [0.15, 0.2) is 0 Å².